The van der Waals surface area contributed by atoms with Gasteiger partial charge in [-0.05, 0) is 61.0 Å². The van der Waals surface area contributed by atoms with Gasteiger partial charge in [0.15, 0.2) is 0 Å². The van der Waals surface area contributed by atoms with E-state index >= 15 is 0 Å². The fraction of sp³-hybridized carbons (Fsp3) is 0.143. The minimum absolute atomic E-state index is 1.02. The molecule has 0 amide bonds. The first-order chi connectivity index (χ1) is 6.81. The van der Waals surface area contributed by atoms with Gasteiger partial charge in [0.05, 0.1) is 0 Å². The third-order valence-electron chi connectivity index (χ3n) is 1.13. The fourth-order valence-corrected chi connectivity index (χ4v) is 0.432. The first-order valence-corrected chi connectivity index (χ1v) is 4.02. The molecule has 66 valence electrons. The van der Waals surface area contributed by atoms with Crippen LogP contribution >= 0.6 is 0 Å². The second-order valence-corrected chi connectivity index (χ2v) is 2.24. The van der Waals surface area contributed by atoms with Crippen molar-refractivity contribution in [1.82, 2.24) is 0 Å². The van der Waals surface area contributed by atoms with Gasteiger partial charge in [0.25, 0.3) is 0 Å². The molecule has 0 heterocycles. The minimum atomic E-state index is 1.02. The van der Waals surface area contributed by atoms with Gasteiger partial charge in [-0.3, -0.25) is 0 Å². The predicted octanol–water partition coefficient (Wildman–Crippen LogP) is 2.15. The smallest absolute Gasteiger partial charge is 0.0000226 e. The lowest BCUT2D eigenvalue weighted by Gasteiger charge is -1.78. The maximum atomic E-state index is 3.60. The lowest BCUT2D eigenvalue weighted by atomic mass is 10.3. The molecule has 0 aliphatic heterocycles. The van der Waals surface area contributed by atoms with Crippen LogP contribution in [0.4, 0.5) is 0 Å². The van der Waals surface area contributed by atoms with Crippen molar-refractivity contribution in [2.24, 2.45) is 0 Å². The van der Waals surface area contributed by atoms with Crippen molar-refractivity contribution in [3.05, 3.63) is 24.3 Å². The molecule has 0 fully saturated rings. The number of hydrogen-bond acceptors (Lipinski definition) is 0. The van der Waals surface area contributed by atoms with E-state index in [9.17, 15) is 0 Å². The van der Waals surface area contributed by atoms with E-state index in [-0.39, 0.29) is 0 Å². The zero-order chi connectivity index (χ0) is 10.6. The summed E-state index contributed by atoms with van der Waals surface area (Å²) in [5, 5.41) is 0. The first-order valence-electron chi connectivity index (χ1n) is 4.02. The predicted molar refractivity (Wildman–Crippen MR) is 60.7 cm³/mol. The molecule has 0 aromatic heterocycles. The summed E-state index contributed by atoms with van der Waals surface area (Å²) < 4.78 is 0. The van der Waals surface area contributed by atoms with E-state index in [1.54, 1.807) is 19.1 Å². The highest BCUT2D eigenvalue weighted by molar-refractivity contribution is 5.41. The quantitative estimate of drug-likeness (QED) is 0.426. The SMILES string of the molecule is C=CC(C)=CC#CC#CC#CC#CC. The van der Waals surface area contributed by atoms with E-state index in [4.69, 9.17) is 0 Å². The third-order valence-corrected chi connectivity index (χ3v) is 1.13. The van der Waals surface area contributed by atoms with Crippen molar-refractivity contribution in [3.8, 4) is 47.4 Å². The standard InChI is InChI=1S/C14H10/c1-4-6-7-8-9-10-11-12-13-14(3)5-2/h5,13H,2H2,1,3H3. The fourth-order valence-electron chi connectivity index (χ4n) is 0.432. The highest BCUT2D eigenvalue weighted by atomic mass is 13.8. The molecule has 0 atom stereocenters. The summed E-state index contributed by atoms with van der Waals surface area (Å²) in [6.07, 6.45) is 3.49. The molecule has 14 heavy (non-hydrogen) atoms. The average Bonchev–Trinajstić information content (AvgIpc) is 2.21. The molecule has 0 aromatic rings. The van der Waals surface area contributed by atoms with Crippen LogP contribution in [0.25, 0.3) is 0 Å². The first kappa shape index (κ1) is 11.7. The highest BCUT2D eigenvalue weighted by Gasteiger charge is 1.71. The van der Waals surface area contributed by atoms with Gasteiger partial charge >= 0.3 is 0 Å². The Morgan fingerprint density at radius 1 is 1.00 bits per heavy atom. The molecule has 0 rings (SSSR count). The number of rotatable bonds is 1. The Hall–Kier alpha value is -2.28. The number of hydrogen-bond donors (Lipinski definition) is 0. The van der Waals surface area contributed by atoms with Crippen molar-refractivity contribution in [2.75, 3.05) is 0 Å². The third kappa shape index (κ3) is 7.82. The van der Waals surface area contributed by atoms with Crippen molar-refractivity contribution < 1.29 is 0 Å². The van der Waals surface area contributed by atoms with E-state index in [0.717, 1.165) is 5.57 Å². The Morgan fingerprint density at radius 2 is 1.57 bits per heavy atom. The normalized spacial score (nSPS) is 7.14. The van der Waals surface area contributed by atoms with Gasteiger partial charge in [-0.15, -0.1) is 0 Å². The van der Waals surface area contributed by atoms with Crippen LogP contribution in [0, 0.1) is 47.4 Å². The summed E-state index contributed by atoms with van der Waals surface area (Å²) in [4.78, 5) is 0. The van der Waals surface area contributed by atoms with Crippen LogP contribution in [0.1, 0.15) is 13.8 Å². The monoisotopic (exact) mass is 178 g/mol. The molecular formula is C14H10. The van der Waals surface area contributed by atoms with Crippen LogP contribution in [0.5, 0.6) is 0 Å². The van der Waals surface area contributed by atoms with E-state index in [1.165, 1.54) is 0 Å². The minimum Gasteiger partial charge on any atom is -0.0988 e. The van der Waals surface area contributed by atoms with Crippen LogP contribution in [0.2, 0.25) is 0 Å². The molecule has 0 unspecified atom stereocenters. The van der Waals surface area contributed by atoms with E-state index in [2.05, 4.69) is 53.9 Å². The van der Waals surface area contributed by atoms with Crippen LogP contribution < -0.4 is 0 Å². The summed E-state index contributed by atoms with van der Waals surface area (Å²) in [5.41, 5.74) is 1.02. The zero-order valence-corrected chi connectivity index (χ0v) is 8.36. The zero-order valence-electron chi connectivity index (χ0n) is 8.36. The summed E-state index contributed by atoms with van der Waals surface area (Å²) in [6, 6.07) is 0. The Bertz CT molecular complexity index is 457. The Morgan fingerprint density at radius 3 is 2.14 bits per heavy atom. The largest absolute Gasteiger partial charge is 0.0988 e. The Labute approximate surface area is 86.1 Å². The second-order valence-electron chi connectivity index (χ2n) is 2.24. The molecule has 0 N–H and O–H groups in total. The van der Waals surface area contributed by atoms with Gasteiger partial charge in [-0.1, -0.05) is 24.5 Å². The Balaban J connectivity index is 4.23. The number of allylic oxidation sites excluding steroid dienone is 3. The lowest BCUT2D eigenvalue weighted by Crippen LogP contribution is -1.62. The molecule has 0 aromatic carbocycles. The molecule has 0 nitrogen and oxygen atoms in total. The van der Waals surface area contributed by atoms with Crippen LogP contribution in [0.15, 0.2) is 24.3 Å². The van der Waals surface area contributed by atoms with Crippen LogP contribution in [0.3, 0.4) is 0 Å². The maximum Gasteiger partial charge on any atom is -0.0000226 e. The summed E-state index contributed by atoms with van der Waals surface area (Å²) in [5.74, 6) is 20.9. The van der Waals surface area contributed by atoms with Crippen molar-refractivity contribution in [2.45, 2.75) is 13.8 Å². The summed E-state index contributed by atoms with van der Waals surface area (Å²) >= 11 is 0. The summed E-state index contributed by atoms with van der Waals surface area (Å²) in [7, 11) is 0. The van der Waals surface area contributed by atoms with E-state index in [1.807, 2.05) is 6.92 Å². The van der Waals surface area contributed by atoms with E-state index in [0.29, 0.717) is 0 Å². The van der Waals surface area contributed by atoms with Crippen LogP contribution in [-0.2, 0) is 0 Å². The van der Waals surface area contributed by atoms with Crippen molar-refractivity contribution in [3.63, 3.8) is 0 Å². The van der Waals surface area contributed by atoms with Gasteiger partial charge in [0.2, 0.25) is 0 Å². The molecular weight excluding hydrogens is 168 g/mol. The molecule has 0 bridgehead atoms. The Kier molecular flexibility index (Phi) is 7.38. The molecule has 0 heteroatoms. The molecule has 0 aliphatic rings. The molecule has 0 spiro atoms. The van der Waals surface area contributed by atoms with Crippen molar-refractivity contribution in [1.29, 1.82) is 0 Å². The topological polar surface area (TPSA) is 0 Å². The van der Waals surface area contributed by atoms with Gasteiger partial charge in [-0.2, -0.15) is 0 Å². The molecule has 0 aliphatic carbocycles. The molecule has 0 radical (unpaired) electrons. The molecule has 0 saturated carbocycles. The highest BCUT2D eigenvalue weighted by Crippen LogP contribution is 1.88. The van der Waals surface area contributed by atoms with Gasteiger partial charge < -0.3 is 0 Å². The van der Waals surface area contributed by atoms with Gasteiger partial charge in [-0.25, -0.2) is 0 Å². The van der Waals surface area contributed by atoms with E-state index < -0.39 is 0 Å². The maximum absolute atomic E-state index is 3.60. The average molecular weight is 178 g/mol. The van der Waals surface area contributed by atoms with Crippen molar-refractivity contribution >= 4 is 0 Å². The van der Waals surface area contributed by atoms with Gasteiger partial charge in [0, 0.05) is 0 Å². The summed E-state index contributed by atoms with van der Waals surface area (Å²) in [6.45, 7) is 7.25. The molecule has 0 saturated heterocycles. The van der Waals surface area contributed by atoms with Crippen LogP contribution in [-0.4, -0.2) is 0 Å². The lowest BCUT2D eigenvalue weighted by molar-refractivity contribution is 1.55. The van der Waals surface area contributed by atoms with Gasteiger partial charge in [0.1, 0.15) is 0 Å². The second kappa shape index (κ2) is 8.81.